The minimum Gasteiger partial charge on any atom is -0.306 e. The predicted molar refractivity (Wildman–Crippen MR) is 92.0 cm³/mol. The summed E-state index contributed by atoms with van der Waals surface area (Å²) < 4.78 is 14.8. The van der Waals surface area contributed by atoms with E-state index in [0.717, 1.165) is 16.8 Å². The van der Waals surface area contributed by atoms with E-state index in [0.29, 0.717) is 4.47 Å². The average Bonchev–Trinajstić information content (AvgIpc) is 2.45. The van der Waals surface area contributed by atoms with Gasteiger partial charge in [0.25, 0.3) is 5.91 Å². The van der Waals surface area contributed by atoms with Crippen molar-refractivity contribution in [2.75, 3.05) is 4.90 Å². The molecule has 2 aromatic carbocycles. The van der Waals surface area contributed by atoms with Crippen molar-refractivity contribution in [2.24, 2.45) is 0 Å². The van der Waals surface area contributed by atoms with Gasteiger partial charge in [0.1, 0.15) is 5.82 Å². The smallest absolute Gasteiger partial charge is 0.261 e. The van der Waals surface area contributed by atoms with Crippen LogP contribution in [0.25, 0.3) is 0 Å². The molecule has 2 nitrogen and oxygen atoms in total. The molecule has 0 saturated heterocycles. The van der Waals surface area contributed by atoms with Crippen molar-refractivity contribution in [1.29, 1.82) is 0 Å². The van der Waals surface area contributed by atoms with E-state index in [-0.39, 0.29) is 17.5 Å². The first-order chi connectivity index (χ1) is 10.3. The standard InChI is InChI=1S/C18H19BrFNO/c1-11(2)21(17-9-12(3)5-6-13(17)4)18(22)15-10-14(19)7-8-16(15)20/h5-11H,1-4H3. The fraction of sp³-hybridized carbons (Fsp3) is 0.278. The molecule has 0 bridgehead atoms. The van der Waals surface area contributed by atoms with E-state index in [4.69, 9.17) is 0 Å². The van der Waals surface area contributed by atoms with Crippen LogP contribution in [0.15, 0.2) is 40.9 Å². The zero-order valence-corrected chi connectivity index (χ0v) is 14.7. The number of nitrogens with zero attached hydrogens (tertiary/aromatic N) is 1. The summed E-state index contributed by atoms with van der Waals surface area (Å²) in [6.45, 7) is 7.78. The fourth-order valence-corrected chi connectivity index (χ4v) is 2.75. The molecule has 0 aliphatic heterocycles. The van der Waals surface area contributed by atoms with Gasteiger partial charge >= 0.3 is 0 Å². The van der Waals surface area contributed by atoms with Gasteiger partial charge in [0, 0.05) is 16.2 Å². The number of rotatable bonds is 3. The van der Waals surface area contributed by atoms with Gasteiger partial charge in [-0.2, -0.15) is 0 Å². The molecule has 0 fully saturated rings. The molecular weight excluding hydrogens is 345 g/mol. The number of carbonyl (C=O) groups excluding carboxylic acids is 1. The van der Waals surface area contributed by atoms with E-state index < -0.39 is 5.82 Å². The molecule has 0 aromatic heterocycles. The Bertz CT molecular complexity index is 712. The first kappa shape index (κ1) is 16.7. The topological polar surface area (TPSA) is 20.3 Å². The summed E-state index contributed by atoms with van der Waals surface area (Å²) in [6.07, 6.45) is 0. The molecule has 0 unspecified atom stereocenters. The Morgan fingerprint density at radius 2 is 1.82 bits per heavy atom. The summed E-state index contributed by atoms with van der Waals surface area (Å²) in [5.41, 5.74) is 2.94. The molecule has 0 aliphatic carbocycles. The zero-order chi connectivity index (χ0) is 16.4. The third-order valence-electron chi connectivity index (χ3n) is 3.52. The van der Waals surface area contributed by atoms with Crippen molar-refractivity contribution in [3.63, 3.8) is 0 Å². The Morgan fingerprint density at radius 1 is 1.14 bits per heavy atom. The van der Waals surface area contributed by atoms with E-state index >= 15 is 0 Å². The Labute approximate surface area is 139 Å². The van der Waals surface area contributed by atoms with Crippen LogP contribution in [0.3, 0.4) is 0 Å². The van der Waals surface area contributed by atoms with Crippen molar-refractivity contribution in [3.05, 3.63) is 63.4 Å². The second-order valence-electron chi connectivity index (χ2n) is 5.68. The van der Waals surface area contributed by atoms with E-state index in [1.807, 2.05) is 45.9 Å². The van der Waals surface area contributed by atoms with Crippen molar-refractivity contribution in [3.8, 4) is 0 Å². The number of aryl methyl sites for hydroxylation is 2. The Morgan fingerprint density at radius 3 is 2.45 bits per heavy atom. The minimum absolute atomic E-state index is 0.0731. The summed E-state index contributed by atoms with van der Waals surface area (Å²) >= 11 is 3.30. The molecule has 4 heteroatoms. The fourth-order valence-electron chi connectivity index (χ4n) is 2.39. The molecular formula is C18H19BrFNO. The van der Waals surface area contributed by atoms with Gasteiger partial charge in [-0.3, -0.25) is 4.79 Å². The van der Waals surface area contributed by atoms with Gasteiger partial charge in [0.2, 0.25) is 0 Å². The van der Waals surface area contributed by atoms with Crippen LogP contribution in [-0.2, 0) is 0 Å². The lowest BCUT2D eigenvalue weighted by molar-refractivity contribution is 0.0976. The van der Waals surface area contributed by atoms with Crippen LogP contribution in [0, 0.1) is 19.7 Å². The van der Waals surface area contributed by atoms with Crippen molar-refractivity contribution < 1.29 is 9.18 Å². The lowest BCUT2D eigenvalue weighted by atomic mass is 10.1. The number of amides is 1. The van der Waals surface area contributed by atoms with Gasteiger partial charge in [0.05, 0.1) is 5.56 Å². The molecule has 2 aromatic rings. The highest BCUT2D eigenvalue weighted by molar-refractivity contribution is 9.10. The normalized spacial score (nSPS) is 10.9. The predicted octanol–water partition coefficient (Wildman–Crippen LogP) is 5.26. The first-order valence-electron chi connectivity index (χ1n) is 7.17. The largest absolute Gasteiger partial charge is 0.306 e. The average molecular weight is 364 g/mol. The Kier molecular flexibility index (Phi) is 5.01. The molecule has 0 atom stereocenters. The number of carbonyl (C=O) groups is 1. The van der Waals surface area contributed by atoms with Crippen LogP contribution in [0.5, 0.6) is 0 Å². The first-order valence-corrected chi connectivity index (χ1v) is 7.96. The molecule has 116 valence electrons. The maximum Gasteiger partial charge on any atom is 0.261 e. The van der Waals surface area contributed by atoms with Gasteiger partial charge in [-0.1, -0.05) is 28.1 Å². The summed E-state index contributed by atoms with van der Waals surface area (Å²) in [5.74, 6) is -0.841. The molecule has 2 rings (SSSR count). The SMILES string of the molecule is Cc1ccc(C)c(N(C(=O)c2cc(Br)ccc2F)C(C)C)c1. The summed E-state index contributed by atoms with van der Waals surface area (Å²) in [6, 6.07) is 10.3. The number of hydrogen-bond acceptors (Lipinski definition) is 1. The molecule has 0 saturated carbocycles. The Hall–Kier alpha value is -1.68. The van der Waals surface area contributed by atoms with Gasteiger partial charge in [-0.15, -0.1) is 0 Å². The van der Waals surface area contributed by atoms with Crippen LogP contribution in [0.1, 0.15) is 35.3 Å². The molecule has 0 radical (unpaired) electrons. The van der Waals surface area contributed by atoms with Crippen molar-refractivity contribution in [2.45, 2.75) is 33.7 Å². The van der Waals surface area contributed by atoms with E-state index in [2.05, 4.69) is 15.9 Å². The van der Waals surface area contributed by atoms with E-state index in [1.165, 1.54) is 12.1 Å². The molecule has 0 aliphatic rings. The molecule has 1 amide bonds. The monoisotopic (exact) mass is 363 g/mol. The second-order valence-corrected chi connectivity index (χ2v) is 6.60. The van der Waals surface area contributed by atoms with Crippen LogP contribution >= 0.6 is 15.9 Å². The number of benzene rings is 2. The summed E-state index contributed by atoms with van der Waals surface area (Å²) in [7, 11) is 0. The lowest BCUT2D eigenvalue weighted by Crippen LogP contribution is -2.38. The molecule has 22 heavy (non-hydrogen) atoms. The lowest BCUT2D eigenvalue weighted by Gasteiger charge is -2.29. The molecule has 0 spiro atoms. The highest BCUT2D eigenvalue weighted by atomic mass is 79.9. The third kappa shape index (κ3) is 3.38. The number of hydrogen-bond donors (Lipinski definition) is 0. The van der Waals surface area contributed by atoms with E-state index in [9.17, 15) is 9.18 Å². The maximum atomic E-state index is 14.1. The van der Waals surface area contributed by atoms with Gasteiger partial charge in [0.15, 0.2) is 0 Å². The molecule has 0 heterocycles. The summed E-state index contributed by atoms with van der Waals surface area (Å²) in [4.78, 5) is 14.5. The van der Waals surface area contributed by atoms with Gasteiger partial charge in [-0.05, 0) is 63.1 Å². The van der Waals surface area contributed by atoms with Crippen LogP contribution in [-0.4, -0.2) is 11.9 Å². The quantitative estimate of drug-likeness (QED) is 0.728. The van der Waals surface area contributed by atoms with Crippen LogP contribution in [0.2, 0.25) is 0 Å². The number of anilines is 1. The van der Waals surface area contributed by atoms with E-state index in [1.54, 1.807) is 11.0 Å². The van der Waals surface area contributed by atoms with Crippen molar-refractivity contribution >= 4 is 27.5 Å². The third-order valence-corrected chi connectivity index (χ3v) is 4.01. The van der Waals surface area contributed by atoms with Crippen LogP contribution < -0.4 is 4.90 Å². The molecule has 0 N–H and O–H groups in total. The maximum absolute atomic E-state index is 14.1. The summed E-state index contributed by atoms with van der Waals surface area (Å²) in [5, 5.41) is 0. The minimum atomic E-state index is -0.510. The highest BCUT2D eigenvalue weighted by Crippen LogP contribution is 2.27. The zero-order valence-electron chi connectivity index (χ0n) is 13.2. The highest BCUT2D eigenvalue weighted by Gasteiger charge is 2.24. The van der Waals surface area contributed by atoms with Gasteiger partial charge in [-0.25, -0.2) is 4.39 Å². The van der Waals surface area contributed by atoms with Gasteiger partial charge < -0.3 is 4.90 Å². The van der Waals surface area contributed by atoms with Crippen molar-refractivity contribution in [1.82, 2.24) is 0 Å². The van der Waals surface area contributed by atoms with Crippen LogP contribution in [0.4, 0.5) is 10.1 Å². The number of halogens is 2. The Balaban J connectivity index is 2.55. The second kappa shape index (κ2) is 6.61.